The third-order valence-corrected chi connectivity index (χ3v) is 5.23. The van der Waals surface area contributed by atoms with Gasteiger partial charge in [0, 0.05) is 44.5 Å². The highest BCUT2D eigenvalue weighted by Gasteiger charge is 2.26. The predicted octanol–water partition coefficient (Wildman–Crippen LogP) is 0.622. The first-order valence-electron chi connectivity index (χ1n) is 10.3. The van der Waals surface area contributed by atoms with Gasteiger partial charge in [-0.15, -0.1) is 0 Å². The van der Waals surface area contributed by atoms with Crippen LogP contribution in [0.5, 0.6) is 0 Å². The van der Waals surface area contributed by atoms with E-state index >= 15 is 0 Å². The number of aliphatic carboxylic acids is 1. The minimum absolute atomic E-state index is 0.0778. The van der Waals surface area contributed by atoms with Crippen LogP contribution in [0, 0.1) is 0 Å². The number of rotatable bonds is 11. The number of nitrogens with zero attached hydrogens (tertiary/aromatic N) is 3. The Morgan fingerprint density at radius 3 is 2.53 bits per heavy atom. The van der Waals surface area contributed by atoms with Crippen molar-refractivity contribution in [1.29, 1.82) is 0 Å². The fourth-order valence-electron chi connectivity index (χ4n) is 3.69. The van der Waals surface area contributed by atoms with Gasteiger partial charge in [0.1, 0.15) is 13.5 Å². The first-order chi connectivity index (χ1) is 15.4. The van der Waals surface area contributed by atoms with Gasteiger partial charge in [-0.05, 0) is 31.0 Å². The van der Waals surface area contributed by atoms with Crippen LogP contribution in [0.15, 0.2) is 24.3 Å². The van der Waals surface area contributed by atoms with E-state index in [-0.39, 0.29) is 26.0 Å². The summed E-state index contributed by atoms with van der Waals surface area (Å²) in [7, 11) is 0. The molecule has 0 aliphatic carbocycles. The van der Waals surface area contributed by atoms with Gasteiger partial charge in [0.25, 0.3) is 12.9 Å². The zero-order valence-corrected chi connectivity index (χ0v) is 19.0. The molecule has 1 fully saturated rings. The number of carbonyl (C=O) groups is 3. The molecule has 11 heteroatoms. The number of thiocarbonyl (C=S) groups is 1. The van der Waals surface area contributed by atoms with Crippen LogP contribution in [0.4, 0.5) is 5.69 Å². The fourth-order valence-corrected chi connectivity index (χ4v) is 3.81. The maximum Gasteiger partial charge on any atom is 0.317 e. The van der Waals surface area contributed by atoms with Crippen molar-refractivity contribution in [2.45, 2.75) is 19.4 Å². The zero-order chi connectivity index (χ0) is 23.3. The fraction of sp³-hybridized carbons (Fsp3) is 0.524. The van der Waals surface area contributed by atoms with Crippen molar-refractivity contribution in [3.8, 4) is 0 Å². The Hall–Kier alpha value is -2.60. The van der Waals surface area contributed by atoms with Gasteiger partial charge in [-0.1, -0.05) is 24.4 Å². The van der Waals surface area contributed by atoms with Crippen LogP contribution in [-0.4, -0.2) is 102 Å². The molecule has 1 atom stereocenters. The third kappa shape index (κ3) is 9.27. The summed E-state index contributed by atoms with van der Waals surface area (Å²) in [5, 5.41) is 12.5. The highest BCUT2D eigenvalue weighted by molar-refractivity contribution is 7.80. The minimum Gasteiger partial charge on any atom is -0.480 e. The second-order valence-electron chi connectivity index (χ2n) is 7.58. The summed E-state index contributed by atoms with van der Waals surface area (Å²) in [5.74, 6) is -0.919. The van der Waals surface area contributed by atoms with Crippen molar-refractivity contribution in [3.05, 3.63) is 29.8 Å². The first-order valence-corrected chi connectivity index (χ1v) is 10.7. The Kier molecular flexibility index (Phi) is 11.0. The lowest BCUT2D eigenvalue weighted by atomic mass is 10.0. The second kappa shape index (κ2) is 13.7. The Labute approximate surface area is 193 Å². The Balaban J connectivity index is 2.26. The van der Waals surface area contributed by atoms with Crippen molar-refractivity contribution >= 4 is 41.8 Å². The van der Waals surface area contributed by atoms with Crippen LogP contribution < -0.4 is 5.32 Å². The molecule has 1 aromatic rings. The smallest absolute Gasteiger partial charge is 0.317 e. The van der Waals surface area contributed by atoms with Crippen LogP contribution in [0.25, 0.3) is 0 Å². The van der Waals surface area contributed by atoms with E-state index in [1.165, 1.54) is 0 Å². The summed E-state index contributed by atoms with van der Waals surface area (Å²) in [6.07, 6.45) is 0.620. The molecule has 0 amide bonds. The van der Waals surface area contributed by atoms with Gasteiger partial charge in [0.05, 0.1) is 11.5 Å². The van der Waals surface area contributed by atoms with E-state index in [0.717, 1.165) is 11.3 Å². The van der Waals surface area contributed by atoms with Gasteiger partial charge in [-0.2, -0.15) is 0 Å². The molecule has 10 nitrogen and oxygen atoms in total. The molecule has 176 valence electrons. The molecule has 1 unspecified atom stereocenters. The molecule has 32 heavy (non-hydrogen) atoms. The molecular formula is C21H30N4O6S. The van der Waals surface area contributed by atoms with Crippen LogP contribution >= 0.6 is 12.2 Å². The van der Waals surface area contributed by atoms with Crippen LogP contribution in [0.2, 0.25) is 0 Å². The molecule has 1 aromatic carbocycles. The lowest BCUT2D eigenvalue weighted by Crippen LogP contribution is -2.48. The number of anilines is 1. The molecule has 0 bridgehead atoms. The van der Waals surface area contributed by atoms with E-state index in [0.29, 0.717) is 57.1 Å². The molecular weight excluding hydrogens is 436 g/mol. The monoisotopic (exact) mass is 466 g/mol. The normalized spacial score (nSPS) is 18.6. The number of hydrogen-bond acceptors (Lipinski definition) is 9. The number of carboxylic acid groups (broad SMARTS) is 1. The quantitative estimate of drug-likeness (QED) is 0.354. The molecule has 0 saturated carbocycles. The molecule has 0 radical (unpaired) electrons. The molecule has 1 aliphatic heterocycles. The lowest BCUT2D eigenvalue weighted by Gasteiger charge is -2.33. The van der Waals surface area contributed by atoms with E-state index < -0.39 is 5.97 Å². The SMILES string of the molecule is CC(=S)Nc1cccc(CC2CN(CC(=O)O)CCN(COC=O)CCN2COC=O)c1. The second-order valence-corrected chi connectivity index (χ2v) is 8.20. The summed E-state index contributed by atoms with van der Waals surface area (Å²) >= 11 is 5.13. The molecule has 2 rings (SSSR count). The first kappa shape index (κ1) is 25.7. The average molecular weight is 467 g/mol. The molecule has 1 aliphatic rings. The van der Waals surface area contributed by atoms with Crippen LogP contribution in [0.1, 0.15) is 12.5 Å². The summed E-state index contributed by atoms with van der Waals surface area (Å²) in [6, 6.07) is 7.76. The number of benzene rings is 1. The number of ether oxygens (including phenoxy) is 2. The molecule has 0 aromatic heterocycles. The maximum atomic E-state index is 11.4. The van der Waals surface area contributed by atoms with Gasteiger partial charge in [-0.25, -0.2) is 0 Å². The lowest BCUT2D eigenvalue weighted by molar-refractivity contribution is -0.138. The number of hydrogen-bond donors (Lipinski definition) is 2. The molecule has 0 spiro atoms. The number of nitrogens with one attached hydrogen (secondary N) is 1. The zero-order valence-electron chi connectivity index (χ0n) is 18.1. The minimum atomic E-state index is -0.919. The maximum absolute atomic E-state index is 11.4. The third-order valence-electron chi connectivity index (χ3n) is 5.13. The van der Waals surface area contributed by atoms with Crippen molar-refractivity contribution < 1.29 is 29.0 Å². The summed E-state index contributed by atoms with van der Waals surface area (Å²) in [6.45, 7) is 5.31. The van der Waals surface area contributed by atoms with E-state index in [4.69, 9.17) is 21.7 Å². The molecule has 2 N–H and O–H groups in total. The van der Waals surface area contributed by atoms with Crippen LogP contribution in [0.3, 0.4) is 0 Å². The largest absolute Gasteiger partial charge is 0.480 e. The number of carboxylic acids is 1. The molecule has 1 saturated heterocycles. The van der Waals surface area contributed by atoms with E-state index in [1.54, 1.807) is 0 Å². The predicted molar refractivity (Wildman–Crippen MR) is 122 cm³/mol. The van der Waals surface area contributed by atoms with E-state index in [1.807, 2.05) is 45.9 Å². The Morgan fingerprint density at radius 1 is 1.16 bits per heavy atom. The highest BCUT2D eigenvalue weighted by Crippen LogP contribution is 2.17. The molecule has 1 heterocycles. The number of carbonyl (C=O) groups excluding carboxylic acids is 2. The standard InChI is InChI=1S/C21H30N4O6S/c1-17(32)22-19-4-2-3-18(9-19)10-20-11-24(12-21(28)29)6-5-23(13-30-15-26)7-8-25(20)14-31-16-27/h2-4,9,15-16,20H,5-8,10-14H2,1H3,(H,22,32)(H,28,29). The Bertz CT molecular complexity index is 780. The average Bonchev–Trinajstić information content (AvgIpc) is 2.80. The van der Waals surface area contributed by atoms with Gasteiger partial charge in [-0.3, -0.25) is 29.1 Å². The summed E-state index contributed by atoms with van der Waals surface area (Å²) in [4.78, 5) is 39.4. The summed E-state index contributed by atoms with van der Waals surface area (Å²) in [5.41, 5.74) is 1.93. The summed E-state index contributed by atoms with van der Waals surface area (Å²) < 4.78 is 9.96. The van der Waals surface area contributed by atoms with E-state index in [2.05, 4.69) is 5.32 Å². The van der Waals surface area contributed by atoms with Crippen LogP contribution in [-0.2, 0) is 30.3 Å². The highest BCUT2D eigenvalue weighted by atomic mass is 32.1. The Morgan fingerprint density at radius 2 is 1.84 bits per heavy atom. The van der Waals surface area contributed by atoms with Gasteiger partial charge < -0.3 is 19.9 Å². The van der Waals surface area contributed by atoms with Gasteiger partial charge in [0.15, 0.2) is 0 Å². The van der Waals surface area contributed by atoms with E-state index in [9.17, 15) is 19.5 Å². The van der Waals surface area contributed by atoms with Crippen molar-refractivity contribution in [1.82, 2.24) is 14.7 Å². The van der Waals surface area contributed by atoms with Crippen molar-refractivity contribution in [2.24, 2.45) is 0 Å². The van der Waals surface area contributed by atoms with Gasteiger partial charge in [0.2, 0.25) is 0 Å². The van der Waals surface area contributed by atoms with Gasteiger partial charge >= 0.3 is 5.97 Å². The topological polar surface area (TPSA) is 112 Å². The van der Waals surface area contributed by atoms with Crippen molar-refractivity contribution in [3.63, 3.8) is 0 Å². The van der Waals surface area contributed by atoms with Crippen molar-refractivity contribution in [2.75, 3.05) is 58.0 Å².